The second-order valence-corrected chi connectivity index (χ2v) is 3.70. The van der Waals surface area contributed by atoms with Gasteiger partial charge in [-0.05, 0) is 17.4 Å². The maximum absolute atomic E-state index is 10.9. The minimum Gasteiger partial charge on any atom is -0.396 e. The molecule has 11 heavy (non-hydrogen) atoms. The second kappa shape index (κ2) is 2.78. The molecule has 0 aromatic rings. The molecule has 0 spiro atoms. The Labute approximate surface area is 66.9 Å². The first kappa shape index (κ1) is 8.47. The van der Waals surface area contributed by atoms with Crippen LogP contribution in [0.5, 0.6) is 0 Å². The van der Waals surface area contributed by atoms with Crippen LogP contribution in [0.1, 0.15) is 20.3 Å². The fourth-order valence-corrected chi connectivity index (χ4v) is 1.32. The minimum atomic E-state index is -0.0251. The number of ketones is 1. The number of hydrogen-bond acceptors (Lipinski definition) is 2. The van der Waals surface area contributed by atoms with Gasteiger partial charge in [0.1, 0.15) is 0 Å². The largest absolute Gasteiger partial charge is 0.396 e. The topological polar surface area (TPSA) is 37.3 Å². The zero-order chi connectivity index (χ0) is 8.48. The Bertz CT molecular complexity index is 192. The highest BCUT2D eigenvalue weighted by Gasteiger charge is 2.30. The van der Waals surface area contributed by atoms with Crippen LogP contribution in [0.4, 0.5) is 0 Å². The number of carbonyl (C=O) groups is 1. The molecular formula is C9H14O2. The maximum atomic E-state index is 10.9. The van der Waals surface area contributed by atoms with Crippen molar-refractivity contribution in [3.63, 3.8) is 0 Å². The van der Waals surface area contributed by atoms with E-state index in [4.69, 9.17) is 5.11 Å². The number of allylic oxidation sites excluding steroid dienone is 2. The van der Waals surface area contributed by atoms with Crippen molar-refractivity contribution in [2.45, 2.75) is 20.3 Å². The normalized spacial score (nSPS) is 29.0. The first-order valence-corrected chi connectivity index (χ1v) is 3.89. The van der Waals surface area contributed by atoms with Crippen molar-refractivity contribution < 1.29 is 9.90 Å². The van der Waals surface area contributed by atoms with E-state index in [-0.39, 0.29) is 23.7 Å². The Hall–Kier alpha value is -0.630. The summed E-state index contributed by atoms with van der Waals surface area (Å²) in [5.41, 5.74) is -0.0251. The van der Waals surface area contributed by atoms with Crippen molar-refractivity contribution in [3.8, 4) is 0 Å². The van der Waals surface area contributed by atoms with Gasteiger partial charge in [-0.2, -0.15) is 0 Å². The minimum absolute atomic E-state index is 0.0251. The molecule has 1 aliphatic carbocycles. The molecule has 0 aromatic heterocycles. The summed E-state index contributed by atoms with van der Waals surface area (Å²) in [6.07, 6.45) is 3.99. The lowest BCUT2D eigenvalue weighted by molar-refractivity contribution is -0.117. The summed E-state index contributed by atoms with van der Waals surface area (Å²) in [4.78, 5) is 10.9. The lowest BCUT2D eigenvalue weighted by Crippen LogP contribution is -2.30. The van der Waals surface area contributed by atoms with Crippen LogP contribution in [0, 0.1) is 11.3 Å². The van der Waals surface area contributed by atoms with Gasteiger partial charge in [-0.3, -0.25) is 4.79 Å². The van der Waals surface area contributed by atoms with Gasteiger partial charge in [-0.15, -0.1) is 0 Å². The van der Waals surface area contributed by atoms with Gasteiger partial charge < -0.3 is 5.11 Å². The predicted octanol–water partition coefficient (Wildman–Crippen LogP) is 1.15. The average Bonchev–Trinajstić information content (AvgIpc) is 1.94. The molecule has 0 aliphatic heterocycles. The van der Waals surface area contributed by atoms with E-state index in [0.29, 0.717) is 6.42 Å². The summed E-state index contributed by atoms with van der Waals surface area (Å²) >= 11 is 0. The summed E-state index contributed by atoms with van der Waals surface area (Å²) in [6.45, 7) is 4.18. The number of rotatable bonds is 1. The van der Waals surface area contributed by atoms with E-state index in [1.54, 1.807) is 6.08 Å². The Kier molecular flexibility index (Phi) is 2.14. The summed E-state index contributed by atoms with van der Waals surface area (Å²) in [7, 11) is 0. The number of aliphatic hydroxyl groups excluding tert-OH is 1. The summed E-state index contributed by atoms with van der Waals surface area (Å²) < 4.78 is 0. The van der Waals surface area contributed by atoms with E-state index in [9.17, 15) is 4.79 Å². The molecule has 1 aliphatic rings. The van der Waals surface area contributed by atoms with Crippen LogP contribution in [0.3, 0.4) is 0 Å². The molecule has 1 N–H and O–H groups in total. The molecular weight excluding hydrogens is 140 g/mol. The third-order valence-electron chi connectivity index (χ3n) is 2.42. The third-order valence-corrected chi connectivity index (χ3v) is 2.42. The summed E-state index contributed by atoms with van der Waals surface area (Å²) in [6, 6.07) is 0. The van der Waals surface area contributed by atoms with Crippen LogP contribution in [-0.4, -0.2) is 17.5 Å². The standard InChI is InChI=1S/C9H14O2/c1-9(2)4-3-8(11)5-7(9)6-10/h3-4,7,10H,5-6H2,1-2H3. The highest BCUT2D eigenvalue weighted by atomic mass is 16.3. The Morgan fingerprint density at radius 3 is 2.82 bits per heavy atom. The van der Waals surface area contributed by atoms with E-state index < -0.39 is 0 Å². The smallest absolute Gasteiger partial charge is 0.155 e. The quantitative estimate of drug-likeness (QED) is 0.615. The highest BCUT2D eigenvalue weighted by Crippen LogP contribution is 2.33. The molecule has 0 saturated heterocycles. The fourth-order valence-electron chi connectivity index (χ4n) is 1.32. The van der Waals surface area contributed by atoms with Gasteiger partial charge in [-0.25, -0.2) is 0 Å². The molecule has 1 rings (SSSR count). The number of aliphatic hydroxyl groups is 1. The molecule has 2 heteroatoms. The molecule has 0 amide bonds. The zero-order valence-corrected chi connectivity index (χ0v) is 7.00. The molecule has 0 saturated carbocycles. The monoisotopic (exact) mass is 154 g/mol. The lowest BCUT2D eigenvalue weighted by Gasteiger charge is -2.32. The Balaban J connectivity index is 2.80. The molecule has 1 unspecified atom stereocenters. The van der Waals surface area contributed by atoms with Crippen LogP contribution in [-0.2, 0) is 4.79 Å². The van der Waals surface area contributed by atoms with Crippen molar-refractivity contribution in [2.75, 3.05) is 6.61 Å². The van der Waals surface area contributed by atoms with E-state index in [1.165, 1.54) is 0 Å². The van der Waals surface area contributed by atoms with E-state index in [1.807, 2.05) is 19.9 Å². The zero-order valence-electron chi connectivity index (χ0n) is 7.00. The SMILES string of the molecule is CC1(C)C=CC(=O)CC1CO. The Morgan fingerprint density at radius 1 is 1.73 bits per heavy atom. The lowest BCUT2D eigenvalue weighted by atomic mass is 9.73. The van der Waals surface area contributed by atoms with Crippen LogP contribution < -0.4 is 0 Å². The van der Waals surface area contributed by atoms with Gasteiger partial charge in [0.05, 0.1) is 0 Å². The van der Waals surface area contributed by atoms with Gasteiger partial charge in [0.25, 0.3) is 0 Å². The summed E-state index contributed by atoms with van der Waals surface area (Å²) in [5.74, 6) is 0.225. The third kappa shape index (κ3) is 1.69. The van der Waals surface area contributed by atoms with E-state index in [2.05, 4.69) is 0 Å². The molecule has 0 aromatic carbocycles. The van der Waals surface area contributed by atoms with Crippen LogP contribution in [0.15, 0.2) is 12.2 Å². The van der Waals surface area contributed by atoms with Gasteiger partial charge in [0.15, 0.2) is 5.78 Å². The molecule has 0 bridgehead atoms. The van der Waals surface area contributed by atoms with Gasteiger partial charge in [-0.1, -0.05) is 19.9 Å². The van der Waals surface area contributed by atoms with Crippen LogP contribution in [0.25, 0.3) is 0 Å². The van der Waals surface area contributed by atoms with Gasteiger partial charge >= 0.3 is 0 Å². The predicted molar refractivity (Wildman–Crippen MR) is 43.1 cm³/mol. The number of carbonyl (C=O) groups excluding carboxylic acids is 1. The van der Waals surface area contributed by atoms with Gasteiger partial charge in [0, 0.05) is 13.0 Å². The number of hydrogen-bond donors (Lipinski definition) is 1. The molecule has 0 heterocycles. The summed E-state index contributed by atoms with van der Waals surface area (Å²) in [5, 5.41) is 8.96. The second-order valence-electron chi connectivity index (χ2n) is 3.70. The van der Waals surface area contributed by atoms with Crippen molar-refractivity contribution in [2.24, 2.45) is 11.3 Å². The molecule has 0 radical (unpaired) electrons. The molecule has 62 valence electrons. The van der Waals surface area contributed by atoms with E-state index in [0.717, 1.165) is 0 Å². The van der Waals surface area contributed by atoms with Crippen molar-refractivity contribution in [3.05, 3.63) is 12.2 Å². The first-order valence-electron chi connectivity index (χ1n) is 3.89. The van der Waals surface area contributed by atoms with E-state index >= 15 is 0 Å². The Morgan fingerprint density at radius 2 is 2.36 bits per heavy atom. The molecule has 1 atom stereocenters. The van der Waals surface area contributed by atoms with Crippen molar-refractivity contribution >= 4 is 5.78 Å². The van der Waals surface area contributed by atoms with Crippen molar-refractivity contribution in [1.29, 1.82) is 0 Å². The van der Waals surface area contributed by atoms with Crippen molar-refractivity contribution in [1.82, 2.24) is 0 Å². The highest BCUT2D eigenvalue weighted by molar-refractivity contribution is 5.90. The molecule has 2 nitrogen and oxygen atoms in total. The molecule has 0 fully saturated rings. The van der Waals surface area contributed by atoms with Crippen LogP contribution in [0.2, 0.25) is 0 Å². The average molecular weight is 154 g/mol. The van der Waals surface area contributed by atoms with Crippen LogP contribution >= 0.6 is 0 Å². The first-order chi connectivity index (χ1) is 5.06. The fraction of sp³-hybridized carbons (Fsp3) is 0.667. The maximum Gasteiger partial charge on any atom is 0.155 e. The van der Waals surface area contributed by atoms with Gasteiger partial charge in [0.2, 0.25) is 0 Å².